The van der Waals surface area contributed by atoms with Crippen LogP contribution in [0.4, 0.5) is 4.39 Å². The van der Waals surface area contributed by atoms with Gasteiger partial charge in [0.15, 0.2) is 0 Å². The van der Waals surface area contributed by atoms with Gasteiger partial charge in [0, 0.05) is 0 Å². The summed E-state index contributed by atoms with van der Waals surface area (Å²) in [7, 11) is 0. The predicted octanol–water partition coefficient (Wildman–Crippen LogP) is 3.42. The van der Waals surface area contributed by atoms with E-state index in [1.807, 2.05) is 0 Å². The molecule has 3 heteroatoms. The van der Waals surface area contributed by atoms with E-state index < -0.39 is 5.95 Å². The first-order chi connectivity index (χ1) is 7.65. The van der Waals surface area contributed by atoms with Crippen molar-refractivity contribution in [2.24, 2.45) is 11.8 Å². The Balaban J connectivity index is 1.93. The van der Waals surface area contributed by atoms with E-state index in [4.69, 9.17) is 4.74 Å². The van der Waals surface area contributed by atoms with Crippen molar-refractivity contribution in [1.82, 2.24) is 4.98 Å². The molecule has 1 fully saturated rings. The Hall–Kier alpha value is -1.12. The number of hydrogen-bond acceptors (Lipinski definition) is 2. The van der Waals surface area contributed by atoms with E-state index in [0.717, 1.165) is 18.8 Å². The summed E-state index contributed by atoms with van der Waals surface area (Å²) in [6, 6.07) is 2.98. The molecular weight excluding hydrogens is 205 g/mol. The van der Waals surface area contributed by atoms with Gasteiger partial charge in [0.1, 0.15) is 5.75 Å². The smallest absolute Gasteiger partial charge is 0.213 e. The van der Waals surface area contributed by atoms with Crippen LogP contribution in [0.2, 0.25) is 0 Å². The lowest BCUT2D eigenvalue weighted by molar-refractivity contribution is 0.100. The molecule has 16 heavy (non-hydrogen) atoms. The molecule has 1 saturated carbocycles. The molecule has 2 rings (SSSR count). The van der Waals surface area contributed by atoms with Crippen LogP contribution in [0, 0.1) is 17.8 Å². The molecule has 3 atom stereocenters. The van der Waals surface area contributed by atoms with Crippen molar-refractivity contribution in [3.63, 3.8) is 0 Å². The van der Waals surface area contributed by atoms with Gasteiger partial charge in [-0.3, -0.25) is 0 Å². The normalized spacial score (nSPS) is 30.1. The van der Waals surface area contributed by atoms with E-state index in [0.29, 0.717) is 11.7 Å². The van der Waals surface area contributed by atoms with Crippen molar-refractivity contribution in [2.75, 3.05) is 0 Å². The van der Waals surface area contributed by atoms with E-state index in [1.165, 1.54) is 18.7 Å². The summed E-state index contributed by atoms with van der Waals surface area (Å²) in [4.78, 5) is 3.59. The molecule has 0 spiro atoms. The zero-order valence-electron chi connectivity index (χ0n) is 9.82. The van der Waals surface area contributed by atoms with Crippen LogP contribution < -0.4 is 4.74 Å². The van der Waals surface area contributed by atoms with Gasteiger partial charge in [-0.05, 0) is 43.2 Å². The summed E-state index contributed by atoms with van der Waals surface area (Å²) in [5.74, 6) is 1.70. The second-order valence-corrected chi connectivity index (χ2v) is 4.82. The minimum absolute atomic E-state index is 0.262. The highest BCUT2D eigenvalue weighted by atomic mass is 19.1. The van der Waals surface area contributed by atoms with Gasteiger partial charge in [0.25, 0.3) is 0 Å². The first kappa shape index (κ1) is 11.4. The monoisotopic (exact) mass is 223 g/mol. The highest BCUT2D eigenvalue weighted by molar-refractivity contribution is 5.16. The Labute approximate surface area is 95.8 Å². The second kappa shape index (κ2) is 4.81. The molecule has 88 valence electrons. The maximum Gasteiger partial charge on any atom is 0.213 e. The fourth-order valence-corrected chi connectivity index (χ4v) is 2.23. The number of nitrogens with zero attached hydrogens (tertiary/aromatic N) is 1. The van der Waals surface area contributed by atoms with Crippen molar-refractivity contribution in [2.45, 2.75) is 39.2 Å². The van der Waals surface area contributed by atoms with Crippen LogP contribution in [-0.4, -0.2) is 11.1 Å². The lowest BCUT2D eigenvalue weighted by Gasteiger charge is -2.32. The number of halogens is 1. The first-order valence-corrected chi connectivity index (χ1v) is 5.93. The quantitative estimate of drug-likeness (QED) is 0.717. The third-order valence-corrected chi connectivity index (χ3v) is 3.55. The Morgan fingerprint density at radius 1 is 1.25 bits per heavy atom. The molecule has 2 nitrogen and oxygen atoms in total. The molecule has 1 aromatic rings. The number of pyridine rings is 1. The second-order valence-electron chi connectivity index (χ2n) is 4.82. The standard InChI is InChI=1S/C13H18FNO/c1-9-3-4-11(7-10(9)2)16-12-5-6-13(14)15-8-12/h5-6,8-11H,3-4,7H2,1-2H3. The van der Waals surface area contributed by atoms with Gasteiger partial charge in [-0.25, -0.2) is 4.98 Å². The van der Waals surface area contributed by atoms with Crippen LogP contribution in [0.1, 0.15) is 33.1 Å². The van der Waals surface area contributed by atoms with E-state index in [-0.39, 0.29) is 6.10 Å². The van der Waals surface area contributed by atoms with Gasteiger partial charge in [-0.1, -0.05) is 13.8 Å². The zero-order valence-corrected chi connectivity index (χ0v) is 9.82. The Morgan fingerprint density at radius 2 is 2.06 bits per heavy atom. The summed E-state index contributed by atoms with van der Waals surface area (Å²) in [5, 5.41) is 0. The summed E-state index contributed by atoms with van der Waals surface area (Å²) >= 11 is 0. The van der Waals surface area contributed by atoms with Gasteiger partial charge >= 0.3 is 0 Å². The largest absolute Gasteiger partial charge is 0.489 e. The first-order valence-electron chi connectivity index (χ1n) is 5.93. The van der Waals surface area contributed by atoms with E-state index >= 15 is 0 Å². The van der Waals surface area contributed by atoms with E-state index in [2.05, 4.69) is 18.8 Å². The van der Waals surface area contributed by atoms with Crippen LogP contribution in [0.3, 0.4) is 0 Å². The van der Waals surface area contributed by atoms with Gasteiger partial charge in [0.2, 0.25) is 5.95 Å². The molecule has 1 aliphatic rings. The van der Waals surface area contributed by atoms with Gasteiger partial charge in [-0.2, -0.15) is 4.39 Å². The summed E-state index contributed by atoms with van der Waals surface area (Å²) in [6.07, 6.45) is 5.10. The van der Waals surface area contributed by atoms with E-state index in [1.54, 1.807) is 6.07 Å². The maximum atomic E-state index is 12.6. The summed E-state index contributed by atoms with van der Waals surface area (Å²) in [6.45, 7) is 4.56. The molecule has 0 N–H and O–H groups in total. The average molecular weight is 223 g/mol. The lowest BCUT2D eigenvalue weighted by Crippen LogP contribution is -2.28. The molecule has 0 amide bonds. The molecule has 0 radical (unpaired) electrons. The SMILES string of the molecule is CC1CCC(Oc2ccc(F)nc2)CC1C. The molecule has 1 aliphatic carbocycles. The highest BCUT2D eigenvalue weighted by Gasteiger charge is 2.25. The minimum atomic E-state index is -0.460. The third kappa shape index (κ3) is 2.71. The predicted molar refractivity (Wildman–Crippen MR) is 60.8 cm³/mol. The molecule has 1 heterocycles. The topological polar surface area (TPSA) is 22.1 Å². The van der Waals surface area contributed by atoms with Crippen LogP contribution in [0.5, 0.6) is 5.75 Å². The number of aromatic nitrogens is 1. The Kier molecular flexibility index (Phi) is 3.42. The van der Waals surface area contributed by atoms with Crippen molar-refractivity contribution in [1.29, 1.82) is 0 Å². The van der Waals surface area contributed by atoms with Gasteiger partial charge in [0.05, 0.1) is 12.3 Å². The number of rotatable bonds is 2. The number of ether oxygens (including phenoxy) is 1. The molecular formula is C13H18FNO. The lowest BCUT2D eigenvalue weighted by atomic mass is 9.80. The molecule has 0 saturated heterocycles. The zero-order chi connectivity index (χ0) is 11.5. The van der Waals surface area contributed by atoms with Gasteiger partial charge < -0.3 is 4.74 Å². The molecule has 1 aromatic heterocycles. The summed E-state index contributed by atoms with van der Waals surface area (Å²) in [5.41, 5.74) is 0. The molecule has 0 aliphatic heterocycles. The van der Waals surface area contributed by atoms with E-state index in [9.17, 15) is 4.39 Å². The molecule has 0 bridgehead atoms. The fraction of sp³-hybridized carbons (Fsp3) is 0.615. The fourth-order valence-electron chi connectivity index (χ4n) is 2.23. The minimum Gasteiger partial charge on any atom is -0.489 e. The third-order valence-electron chi connectivity index (χ3n) is 3.55. The average Bonchev–Trinajstić information content (AvgIpc) is 2.27. The Morgan fingerprint density at radius 3 is 2.69 bits per heavy atom. The van der Waals surface area contributed by atoms with Crippen molar-refractivity contribution in [3.05, 3.63) is 24.3 Å². The van der Waals surface area contributed by atoms with Crippen LogP contribution in [0.25, 0.3) is 0 Å². The van der Waals surface area contributed by atoms with Crippen LogP contribution >= 0.6 is 0 Å². The summed E-state index contributed by atoms with van der Waals surface area (Å²) < 4.78 is 18.4. The van der Waals surface area contributed by atoms with Crippen molar-refractivity contribution >= 4 is 0 Å². The van der Waals surface area contributed by atoms with Crippen molar-refractivity contribution in [3.8, 4) is 5.75 Å². The maximum absolute atomic E-state index is 12.6. The number of hydrogen-bond donors (Lipinski definition) is 0. The highest BCUT2D eigenvalue weighted by Crippen LogP contribution is 2.31. The van der Waals surface area contributed by atoms with Crippen LogP contribution in [-0.2, 0) is 0 Å². The molecule has 0 aromatic carbocycles. The van der Waals surface area contributed by atoms with Crippen LogP contribution in [0.15, 0.2) is 18.3 Å². The molecule has 3 unspecified atom stereocenters. The van der Waals surface area contributed by atoms with Gasteiger partial charge in [-0.15, -0.1) is 0 Å². The Bertz CT molecular complexity index is 338. The van der Waals surface area contributed by atoms with Crippen molar-refractivity contribution < 1.29 is 9.13 Å².